The number of piperazine rings is 1. The molecule has 0 radical (unpaired) electrons. The molecule has 4 N–H and O–H groups in total. The Bertz CT molecular complexity index is 1530. The van der Waals surface area contributed by atoms with Crippen LogP contribution in [-0.4, -0.2) is 51.4 Å². The van der Waals surface area contributed by atoms with Crippen LogP contribution in [0.4, 0.5) is 16.0 Å². The third-order valence-corrected chi connectivity index (χ3v) is 6.58. The van der Waals surface area contributed by atoms with Gasteiger partial charge in [0.05, 0.1) is 34.5 Å². The second-order valence-electron chi connectivity index (χ2n) is 8.79. The van der Waals surface area contributed by atoms with Crippen molar-refractivity contribution in [2.24, 2.45) is 5.73 Å². The van der Waals surface area contributed by atoms with Crippen molar-refractivity contribution < 1.29 is 14.0 Å². The van der Waals surface area contributed by atoms with E-state index in [1.165, 1.54) is 18.3 Å². The average molecular weight is 535 g/mol. The Morgan fingerprint density at radius 3 is 2.68 bits per heavy atom. The van der Waals surface area contributed by atoms with Crippen molar-refractivity contribution in [1.29, 1.82) is 0 Å². The summed E-state index contributed by atoms with van der Waals surface area (Å²) in [6, 6.07) is 7.49. The van der Waals surface area contributed by atoms with E-state index >= 15 is 0 Å². The van der Waals surface area contributed by atoms with Crippen LogP contribution in [0.15, 0.2) is 48.9 Å². The maximum absolute atomic E-state index is 14.7. The zero-order chi connectivity index (χ0) is 26.8. The van der Waals surface area contributed by atoms with Crippen LogP contribution in [0.2, 0.25) is 5.02 Å². The first-order valence-corrected chi connectivity index (χ1v) is 12.4. The standard InChI is InChI=1S/C26H24ClFN8O2/c1-2-19(24-18(28)4-6-21(35-24)25(29)38)34-23-16-9-14(3-5-20(16)31-12-17(23)27)15-10-32-26(33-11-15)36-8-7-30-22(37)13-36/h3-6,9-12,19H,2,7-8,13H2,1H3,(H2,29,38)(H,30,37)(H,31,34). The maximum Gasteiger partial charge on any atom is 0.267 e. The van der Waals surface area contributed by atoms with E-state index in [0.717, 1.165) is 11.1 Å². The van der Waals surface area contributed by atoms with Gasteiger partial charge in [0.25, 0.3) is 5.91 Å². The Morgan fingerprint density at radius 2 is 1.97 bits per heavy atom. The van der Waals surface area contributed by atoms with Crippen molar-refractivity contribution in [3.05, 3.63) is 71.2 Å². The van der Waals surface area contributed by atoms with Gasteiger partial charge in [-0.1, -0.05) is 24.6 Å². The molecular weight excluding hydrogens is 511 g/mol. The molecule has 1 aliphatic rings. The van der Waals surface area contributed by atoms with Crippen molar-refractivity contribution in [2.45, 2.75) is 19.4 Å². The van der Waals surface area contributed by atoms with E-state index in [9.17, 15) is 14.0 Å². The van der Waals surface area contributed by atoms with Crippen molar-refractivity contribution in [2.75, 3.05) is 29.9 Å². The van der Waals surface area contributed by atoms with Gasteiger partial charge in [-0.15, -0.1) is 0 Å². The largest absolute Gasteiger partial charge is 0.375 e. The van der Waals surface area contributed by atoms with Gasteiger partial charge in [0.2, 0.25) is 11.9 Å². The number of fused-ring (bicyclic) bond motifs is 1. The molecule has 5 rings (SSSR count). The highest BCUT2D eigenvalue weighted by molar-refractivity contribution is 6.34. The summed E-state index contributed by atoms with van der Waals surface area (Å²) in [5.41, 5.74) is 8.20. The second-order valence-corrected chi connectivity index (χ2v) is 9.20. The summed E-state index contributed by atoms with van der Waals surface area (Å²) >= 11 is 6.55. The van der Waals surface area contributed by atoms with Crippen LogP contribution in [0.1, 0.15) is 35.6 Å². The SMILES string of the molecule is CCC(Nc1c(Cl)cnc2ccc(-c3cnc(N4CCNC(=O)C4)nc3)cc12)c1nc(C(N)=O)ccc1F. The first kappa shape index (κ1) is 25.3. The molecule has 4 aromatic rings. The van der Waals surface area contributed by atoms with E-state index in [0.29, 0.717) is 47.1 Å². The van der Waals surface area contributed by atoms with Crippen molar-refractivity contribution in [1.82, 2.24) is 25.3 Å². The van der Waals surface area contributed by atoms with E-state index in [-0.39, 0.29) is 23.8 Å². The number of aromatic nitrogens is 4. The highest BCUT2D eigenvalue weighted by Gasteiger charge is 2.21. The number of carbonyl (C=O) groups is 2. The number of halogens is 2. The number of amides is 2. The summed E-state index contributed by atoms with van der Waals surface area (Å²) in [6.45, 7) is 3.26. The van der Waals surface area contributed by atoms with Gasteiger partial charge in [-0.05, 0) is 36.2 Å². The quantitative estimate of drug-likeness (QED) is 0.327. The molecule has 1 aromatic carbocycles. The van der Waals surface area contributed by atoms with Crippen LogP contribution in [-0.2, 0) is 4.79 Å². The molecule has 1 fully saturated rings. The van der Waals surface area contributed by atoms with Crippen LogP contribution in [0.5, 0.6) is 0 Å². The van der Waals surface area contributed by atoms with Crippen molar-refractivity contribution in [3.8, 4) is 11.1 Å². The lowest BCUT2D eigenvalue weighted by atomic mass is 10.0. The smallest absolute Gasteiger partial charge is 0.267 e. The first-order chi connectivity index (χ1) is 18.3. The topological polar surface area (TPSA) is 139 Å². The van der Waals surface area contributed by atoms with Gasteiger partial charge >= 0.3 is 0 Å². The molecule has 4 heterocycles. The van der Waals surface area contributed by atoms with Crippen LogP contribution < -0.4 is 21.3 Å². The number of nitrogens with one attached hydrogen (secondary N) is 2. The lowest BCUT2D eigenvalue weighted by Gasteiger charge is -2.26. The summed E-state index contributed by atoms with van der Waals surface area (Å²) in [5.74, 6) is -0.887. The monoisotopic (exact) mass is 534 g/mol. The predicted octanol–water partition coefficient (Wildman–Crippen LogP) is 3.48. The summed E-state index contributed by atoms with van der Waals surface area (Å²) in [5, 5.41) is 7.12. The van der Waals surface area contributed by atoms with Gasteiger partial charge in [0.15, 0.2) is 0 Å². The maximum atomic E-state index is 14.7. The van der Waals surface area contributed by atoms with E-state index in [1.807, 2.05) is 30.0 Å². The molecule has 1 atom stereocenters. The highest BCUT2D eigenvalue weighted by Crippen LogP contribution is 2.36. The number of carbonyl (C=O) groups excluding carboxylic acids is 2. The summed E-state index contributed by atoms with van der Waals surface area (Å²) in [7, 11) is 0. The number of benzene rings is 1. The molecule has 38 heavy (non-hydrogen) atoms. The van der Waals surface area contributed by atoms with Crippen LogP contribution >= 0.6 is 11.6 Å². The van der Waals surface area contributed by atoms with Gasteiger partial charge in [-0.25, -0.2) is 19.3 Å². The van der Waals surface area contributed by atoms with Gasteiger partial charge < -0.3 is 21.3 Å². The molecule has 0 saturated carbocycles. The number of rotatable bonds is 7. The molecule has 12 heteroatoms. The molecule has 10 nitrogen and oxygen atoms in total. The minimum Gasteiger partial charge on any atom is -0.375 e. The molecule has 2 amide bonds. The van der Waals surface area contributed by atoms with E-state index in [4.69, 9.17) is 17.3 Å². The lowest BCUT2D eigenvalue weighted by molar-refractivity contribution is -0.120. The molecule has 0 bridgehead atoms. The number of nitrogens with two attached hydrogens (primary N) is 1. The van der Waals surface area contributed by atoms with Gasteiger partial charge in [-0.2, -0.15) is 0 Å². The predicted molar refractivity (Wildman–Crippen MR) is 142 cm³/mol. The third kappa shape index (κ3) is 5.05. The van der Waals surface area contributed by atoms with Crippen molar-refractivity contribution >= 4 is 46.0 Å². The molecule has 1 saturated heterocycles. The number of primary amides is 1. The second kappa shape index (κ2) is 10.5. The number of pyridine rings is 2. The summed E-state index contributed by atoms with van der Waals surface area (Å²) in [6.07, 6.45) is 5.37. The number of hydrogen-bond acceptors (Lipinski definition) is 8. The fourth-order valence-corrected chi connectivity index (χ4v) is 4.52. The Balaban J connectivity index is 1.49. The third-order valence-electron chi connectivity index (χ3n) is 6.30. The molecule has 0 aliphatic carbocycles. The Morgan fingerprint density at radius 1 is 1.18 bits per heavy atom. The van der Waals surface area contributed by atoms with Gasteiger partial charge in [0, 0.05) is 42.6 Å². The fourth-order valence-electron chi connectivity index (χ4n) is 4.31. The van der Waals surface area contributed by atoms with Crippen molar-refractivity contribution in [3.63, 3.8) is 0 Å². The Hall–Kier alpha value is -4.38. The summed E-state index contributed by atoms with van der Waals surface area (Å²) in [4.78, 5) is 42.6. The Kier molecular flexibility index (Phi) is 7.01. The normalized spacial score (nSPS) is 14.3. The Labute approximate surface area is 222 Å². The fraction of sp³-hybridized carbons (Fsp3) is 0.231. The zero-order valence-corrected chi connectivity index (χ0v) is 21.2. The number of hydrogen-bond donors (Lipinski definition) is 3. The van der Waals surface area contributed by atoms with Crippen LogP contribution in [0.25, 0.3) is 22.0 Å². The molecular formula is C26H24ClFN8O2. The van der Waals surface area contributed by atoms with Crippen LogP contribution in [0, 0.1) is 5.82 Å². The van der Waals surface area contributed by atoms with E-state index < -0.39 is 17.8 Å². The molecule has 1 aliphatic heterocycles. The number of anilines is 2. The van der Waals surface area contributed by atoms with E-state index in [2.05, 4.69) is 30.6 Å². The van der Waals surface area contributed by atoms with Crippen LogP contribution in [0.3, 0.4) is 0 Å². The van der Waals surface area contributed by atoms with E-state index in [1.54, 1.807) is 12.4 Å². The zero-order valence-electron chi connectivity index (χ0n) is 20.4. The van der Waals surface area contributed by atoms with Gasteiger partial charge in [-0.3, -0.25) is 14.6 Å². The molecule has 3 aromatic heterocycles. The minimum absolute atomic E-state index is 0.0248. The minimum atomic E-state index is -0.741. The molecule has 0 spiro atoms. The molecule has 1 unspecified atom stereocenters. The molecule has 194 valence electrons. The lowest BCUT2D eigenvalue weighted by Crippen LogP contribution is -2.48. The summed E-state index contributed by atoms with van der Waals surface area (Å²) < 4.78 is 14.7. The average Bonchev–Trinajstić information content (AvgIpc) is 2.93. The number of nitrogens with zero attached hydrogens (tertiary/aromatic N) is 5. The van der Waals surface area contributed by atoms with Gasteiger partial charge in [0.1, 0.15) is 11.5 Å². The highest BCUT2D eigenvalue weighted by atomic mass is 35.5. The first-order valence-electron chi connectivity index (χ1n) is 12.0.